The number of furan rings is 1. The van der Waals surface area contributed by atoms with Gasteiger partial charge in [-0.2, -0.15) is 0 Å². The minimum absolute atomic E-state index is 0.242. The Hall–Kier alpha value is -2.14. The maximum atomic E-state index is 13.0. The first-order chi connectivity index (χ1) is 9.65. The summed E-state index contributed by atoms with van der Waals surface area (Å²) in [7, 11) is 0. The quantitative estimate of drug-likeness (QED) is 0.915. The molecule has 0 bridgehead atoms. The van der Waals surface area contributed by atoms with Crippen molar-refractivity contribution in [2.45, 2.75) is 18.6 Å². The zero-order valence-corrected chi connectivity index (χ0v) is 10.7. The normalized spacial score (nSPS) is 22.2. The molecule has 2 aromatic rings. The lowest BCUT2D eigenvalue weighted by Gasteiger charge is -2.23. The molecule has 1 aliphatic heterocycles. The fourth-order valence-electron chi connectivity index (χ4n) is 2.58. The first kappa shape index (κ1) is 12.9. The summed E-state index contributed by atoms with van der Waals surface area (Å²) in [6.07, 6.45) is 1.30. The number of aliphatic hydroxyl groups is 1. The van der Waals surface area contributed by atoms with Gasteiger partial charge in [-0.15, -0.1) is 0 Å². The van der Waals surface area contributed by atoms with Crippen LogP contribution in [0.25, 0.3) is 0 Å². The molecule has 1 amide bonds. The Balaban J connectivity index is 1.89. The fraction of sp³-hybridized carbons (Fsp3) is 0.267. The number of amides is 1. The zero-order valence-electron chi connectivity index (χ0n) is 10.7. The van der Waals surface area contributed by atoms with Gasteiger partial charge in [0.15, 0.2) is 5.76 Å². The van der Waals surface area contributed by atoms with Crippen LogP contribution in [0.5, 0.6) is 0 Å². The molecule has 4 nitrogen and oxygen atoms in total. The van der Waals surface area contributed by atoms with Crippen LogP contribution in [-0.2, 0) is 0 Å². The van der Waals surface area contributed by atoms with Gasteiger partial charge in [0.25, 0.3) is 5.91 Å². The van der Waals surface area contributed by atoms with Gasteiger partial charge in [-0.3, -0.25) is 4.79 Å². The minimum atomic E-state index is -0.580. The zero-order chi connectivity index (χ0) is 14.1. The molecule has 3 rings (SSSR count). The molecule has 0 spiro atoms. The highest BCUT2D eigenvalue weighted by Crippen LogP contribution is 2.33. The summed E-state index contributed by atoms with van der Waals surface area (Å²) < 4.78 is 18.1. The highest BCUT2D eigenvalue weighted by molar-refractivity contribution is 5.92. The lowest BCUT2D eigenvalue weighted by atomic mass is 10.0. The highest BCUT2D eigenvalue weighted by Gasteiger charge is 2.36. The highest BCUT2D eigenvalue weighted by atomic mass is 19.1. The van der Waals surface area contributed by atoms with Crippen LogP contribution in [0.15, 0.2) is 47.1 Å². The van der Waals surface area contributed by atoms with E-state index in [0.717, 1.165) is 5.56 Å². The molecule has 1 N–H and O–H groups in total. The van der Waals surface area contributed by atoms with Crippen LogP contribution >= 0.6 is 0 Å². The number of aliphatic hydroxyl groups excluding tert-OH is 1. The van der Waals surface area contributed by atoms with E-state index in [2.05, 4.69) is 0 Å². The molecule has 0 unspecified atom stereocenters. The number of benzene rings is 1. The van der Waals surface area contributed by atoms with Gasteiger partial charge in [0.05, 0.1) is 18.4 Å². The summed E-state index contributed by atoms with van der Waals surface area (Å²) in [5.41, 5.74) is 0.808. The van der Waals surface area contributed by atoms with Gasteiger partial charge in [-0.1, -0.05) is 12.1 Å². The van der Waals surface area contributed by atoms with E-state index in [0.29, 0.717) is 6.42 Å². The van der Waals surface area contributed by atoms with Crippen molar-refractivity contribution in [2.24, 2.45) is 0 Å². The van der Waals surface area contributed by atoms with Crippen molar-refractivity contribution >= 4 is 5.91 Å². The Bertz CT molecular complexity index is 594. The molecule has 0 radical (unpaired) electrons. The van der Waals surface area contributed by atoms with Gasteiger partial charge < -0.3 is 14.4 Å². The number of hydrogen-bond donors (Lipinski definition) is 1. The monoisotopic (exact) mass is 275 g/mol. The molecule has 1 saturated heterocycles. The van der Waals surface area contributed by atoms with Crippen molar-refractivity contribution in [3.05, 3.63) is 59.8 Å². The van der Waals surface area contributed by atoms with Crippen molar-refractivity contribution in [1.82, 2.24) is 4.90 Å². The van der Waals surface area contributed by atoms with Crippen LogP contribution < -0.4 is 0 Å². The number of halogens is 1. The molecule has 0 saturated carbocycles. The van der Waals surface area contributed by atoms with Crippen molar-refractivity contribution in [1.29, 1.82) is 0 Å². The summed E-state index contributed by atoms with van der Waals surface area (Å²) in [5, 5.41) is 9.83. The van der Waals surface area contributed by atoms with Gasteiger partial charge in [0.1, 0.15) is 5.82 Å². The Morgan fingerprint density at radius 1 is 1.30 bits per heavy atom. The molecule has 20 heavy (non-hydrogen) atoms. The van der Waals surface area contributed by atoms with Gasteiger partial charge in [0, 0.05) is 6.54 Å². The lowest BCUT2D eigenvalue weighted by Crippen LogP contribution is -2.31. The molecule has 2 atom stereocenters. The summed E-state index contributed by atoms with van der Waals surface area (Å²) in [6, 6.07) is 8.97. The van der Waals surface area contributed by atoms with E-state index in [1.165, 1.54) is 18.4 Å². The Morgan fingerprint density at radius 3 is 2.70 bits per heavy atom. The number of hydrogen-bond acceptors (Lipinski definition) is 3. The van der Waals surface area contributed by atoms with Gasteiger partial charge in [-0.05, 0) is 36.2 Å². The van der Waals surface area contributed by atoms with Crippen LogP contribution in [0.4, 0.5) is 4.39 Å². The SMILES string of the molecule is O=C(c1ccco1)N1C[C@@H](O)C[C@@H]1c1ccc(F)cc1. The molecular weight excluding hydrogens is 261 g/mol. The number of nitrogens with zero attached hydrogens (tertiary/aromatic N) is 1. The van der Waals surface area contributed by atoms with E-state index in [4.69, 9.17) is 4.42 Å². The van der Waals surface area contributed by atoms with Gasteiger partial charge >= 0.3 is 0 Å². The van der Waals surface area contributed by atoms with Crippen molar-refractivity contribution in [3.8, 4) is 0 Å². The second-order valence-corrected chi connectivity index (χ2v) is 4.89. The number of carbonyl (C=O) groups excluding carboxylic acids is 1. The third-order valence-electron chi connectivity index (χ3n) is 3.53. The molecular formula is C15H14FNO3. The summed E-state index contributed by atoms with van der Waals surface area (Å²) in [6.45, 7) is 0.252. The molecule has 1 aromatic heterocycles. The van der Waals surface area contributed by atoms with Crippen LogP contribution in [0.3, 0.4) is 0 Å². The molecule has 1 fully saturated rings. The van der Waals surface area contributed by atoms with E-state index >= 15 is 0 Å². The van der Waals surface area contributed by atoms with E-state index in [9.17, 15) is 14.3 Å². The minimum Gasteiger partial charge on any atom is -0.459 e. The maximum absolute atomic E-state index is 13.0. The molecule has 2 heterocycles. The van der Waals surface area contributed by atoms with Crippen molar-refractivity contribution in [2.75, 3.05) is 6.54 Å². The predicted molar refractivity (Wildman–Crippen MR) is 69.5 cm³/mol. The van der Waals surface area contributed by atoms with Crippen molar-refractivity contribution in [3.63, 3.8) is 0 Å². The summed E-state index contributed by atoms with van der Waals surface area (Å²) in [4.78, 5) is 13.9. The van der Waals surface area contributed by atoms with E-state index < -0.39 is 6.10 Å². The smallest absolute Gasteiger partial charge is 0.290 e. The Kier molecular flexibility index (Phi) is 3.28. The predicted octanol–water partition coefficient (Wildman–Crippen LogP) is 2.37. The lowest BCUT2D eigenvalue weighted by molar-refractivity contribution is 0.0683. The molecule has 1 aliphatic rings. The first-order valence-electron chi connectivity index (χ1n) is 6.43. The molecule has 1 aromatic carbocycles. The second kappa shape index (κ2) is 5.09. The van der Waals surface area contributed by atoms with Crippen LogP contribution in [0.2, 0.25) is 0 Å². The number of rotatable bonds is 2. The van der Waals surface area contributed by atoms with Crippen molar-refractivity contribution < 1.29 is 18.7 Å². The van der Waals surface area contributed by atoms with E-state index in [-0.39, 0.29) is 30.1 Å². The summed E-state index contributed by atoms with van der Waals surface area (Å²) >= 11 is 0. The second-order valence-electron chi connectivity index (χ2n) is 4.89. The number of likely N-dealkylation sites (tertiary alicyclic amines) is 1. The Morgan fingerprint density at radius 2 is 2.05 bits per heavy atom. The number of carbonyl (C=O) groups is 1. The standard InChI is InChI=1S/C15H14FNO3/c16-11-5-3-10(4-6-11)13-8-12(18)9-17(13)15(19)14-2-1-7-20-14/h1-7,12-13,18H,8-9H2/t12-,13+/m0/s1. The van der Waals surface area contributed by atoms with Crippen LogP contribution in [0, 0.1) is 5.82 Å². The van der Waals surface area contributed by atoms with Crippen LogP contribution in [-0.4, -0.2) is 28.6 Å². The maximum Gasteiger partial charge on any atom is 0.290 e. The van der Waals surface area contributed by atoms with Gasteiger partial charge in [-0.25, -0.2) is 4.39 Å². The third kappa shape index (κ3) is 2.32. The number of β-amino-alcohol motifs (C(OH)–C–C–N with tert-alkyl or cyclic N) is 1. The fourth-order valence-corrected chi connectivity index (χ4v) is 2.58. The van der Waals surface area contributed by atoms with E-state index in [1.807, 2.05) is 0 Å². The molecule has 104 valence electrons. The van der Waals surface area contributed by atoms with E-state index in [1.54, 1.807) is 29.2 Å². The largest absolute Gasteiger partial charge is 0.459 e. The van der Waals surface area contributed by atoms with Gasteiger partial charge in [0.2, 0.25) is 0 Å². The average molecular weight is 275 g/mol. The molecule has 5 heteroatoms. The Labute approximate surface area is 115 Å². The summed E-state index contributed by atoms with van der Waals surface area (Å²) in [5.74, 6) is -0.344. The first-order valence-corrected chi connectivity index (χ1v) is 6.43. The third-order valence-corrected chi connectivity index (χ3v) is 3.53. The topological polar surface area (TPSA) is 53.7 Å². The van der Waals surface area contributed by atoms with Crippen LogP contribution in [0.1, 0.15) is 28.6 Å². The average Bonchev–Trinajstić information content (AvgIpc) is 3.08. The molecule has 0 aliphatic carbocycles.